The predicted molar refractivity (Wildman–Crippen MR) is 74.7 cm³/mol. The van der Waals surface area contributed by atoms with Gasteiger partial charge in [0.2, 0.25) is 0 Å². The maximum Gasteiger partial charge on any atom is 0.187 e. The maximum atomic E-state index is 12.6. The van der Waals surface area contributed by atoms with Gasteiger partial charge >= 0.3 is 0 Å². The van der Waals surface area contributed by atoms with Crippen LogP contribution in [0.25, 0.3) is 0 Å². The molecule has 1 aromatic carbocycles. The van der Waals surface area contributed by atoms with E-state index in [1.165, 1.54) is 0 Å². The number of aromatic nitrogens is 2. The lowest BCUT2D eigenvalue weighted by atomic mass is 9.95. The molecule has 1 aromatic heterocycles. The smallest absolute Gasteiger partial charge is 0.187 e. The lowest BCUT2D eigenvalue weighted by molar-refractivity contribution is 0.0956. The molecule has 1 aliphatic heterocycles. The molecule has 20 heavy (non-hydrogen) atoms. The molecule has 0 saturated heterocycles. The minimum absolute atomic E-state index is 0.128. The van der Waals surface area contributed by atoms with Crippen LogP contribution in [0.15, 0.2) is 30.6 Å². The Morgan fingerprint density at radius 2 is 2.35 bits per heavy atom. The fourth-order valence-corrected chi connectivity index (χ4v) is 2.50. The van der Waals surface area contributed by atoms with Crippen LogP contribution in [0.5, 0.6) is 5.75 Å². The fraction of sp³-hybridized carbons (Fsp3) is 0.333. The van der Waals surface area contributed by atoms with Crippen LogP contribution >= 0.6 is 0 Å². The number of fused-ring (bicyclic) bond motifs is 1. The summed E-state index contributed by atoms with van der Waals surface area (Å²) in [6.45, 7) is 0.652. The van der Waals surface area contributed by atoms with Crippen LogP contribution in [0.3, 0.4) is 0 Å². The average Bonchev–Trinajstić information content (AvgIpc) is 2.91. The molecular formula is C15H17N3O2. The summed E-state index contributed by atoms with van der Waals surface area (Å²) < 4.78 is 7.31. The Balaban J connectivity index is 1.94. The van der Waals surface area contributed by atoms with Crippen molar-refractivity contribution >= 4 is 5.78 Å². The molecule has 0 spiro atoms. The highest BCUT2D eigenvalue weighted by atomic mass is 16.5. The molecule has 104 valence electrons. The Morgan fingerprint density at radius 1 is 1.50 bits per heavy atom. The molecule has 0 saturated carbocycles. The minimum atomic E-state index is -0.708. The average molecular weight is 271 g/mol. The Labute approximate surface area is 117 Å². The Kier molecular flexibility index (Phi) is 3.28. The van der Waals surface area contributed by atoms with Crippen molar-refractivity contribution in [1.82, 2.24) is 9.78 Å². The summed E-state index contributed by atoms with van der Waals surface area (Å²) in [5.41, 5.74) is 8.42. The monoisotopic (exact) mass is 271 g/mol. The van der Waals surface area contributed by atoms with Crippen molar-refractivity contribution in [3.63, 3.8) is 0 Å². The number of hydrogen-bond donors (Lipinski definition) is 1. The SMILES string of the molecule is Cn1cc(C(N)C(=O)c2cccc3c2OCCC3)cn1. The molecule has 2 heterocycles. The summed E-state index contributed by atoms with van der Waals surface area (Å²) in [6.07, 6.45) is 5.31. The van der Waals surface area contributed by atoms with Gasteiger partial charge in [0.05, 0.1) is 24.4 Å². The molecule has 0 radical (unpaired) electrons. The van der Waals surface area contributed by atoms with Gasteiger partial charge in [0.25, 0.3) is 0 Å². The van der Waals surface area contributed by atoms with E-state index in [-0.39, 0.29) is 5.78 Å². The van der Waals surface area contributed by atoms with Crippen molar-refractivity contribution in [2.24, 2.45) is 12.8 Å². The van der Waals surface area contributed by atoms with E-state index < -0.39 is 6.04 Å². The first-order chi connectivity index (χ1) is 9.66. The lowest BCUT2D eigenvalue weighted by Crippen LogP contribution is -2.23. The van der Waals surface area contributed by atoms with Crippen LogP contribution in [0, 0.1) is 0 Å². The van der Waals surface area contributed by atoms with E-state index in [1.807, 2.05) is 12.1 Å². The van der Waals surface area contributed by atoms with Gasteiger partial charge in [-0.1, -0.05) is 12.1 Å². The number of aryl methyl sites for hydroxylation is 2. The molecule has 5 nitrogen and oxygen atoms in total. The van der Waals surface area contributed by atoms with Crippen molar-refractivity contribution in [1.29, 1.82) is 0 Å². The lowest BCUT2D eigenvalue weighted by Gasteiger charge is -2.20. The fourth-order valence-electron chi connectivity index (χ4n) is 2.50. The van der Waals surface area contributed by atoms with Crippen molar-refractivity contribution in [2.45, 2.75) is 18.9 Å². The van der Waals surface area contributed by atoms with Crippen molar-refractivity contribution < 1.29 is 9.53 Å². The number of ether oxygens (including phenoxy) is 1. The molecular weight excluding hydrogens is 254 g/mol. The van der Waals surface area contributed by atoms with Gasteiger partial charge in [0.1, 0.15) is 5.75 Å². The summed E-state index contributed by atoms with van der Waals surface area (Å²) in [6, 6.07) is 4.96. The summed E-state index contributed by atoms with van der Waals surface area (Å²) in [4.78, 5) is 12.6. The first-order valence-electron chi connectivity index (χ1n) is 6.70. The molecule has 0 bridgehead atoms. The third-order valence-corrected chi connectivity index (χ3v) is 3.57. The van der Waals surface area contributed by atoms with Crippen LogP contribution in [0.4, 0.5) is 0 Å². The number of carbonyl (C=O) groups is 1. The van der Waals surface area contributed by atoms with Crippen LogP contribution in [-0.4, -0.2) is 22.2 Å². The van der Waals surface area contributed by atoms with E-state index in [4.69, 9.17) is 10.5 Å². The highest BCUT2D eigenvalue weighted by Crippen LogP contribution is 2.31. The summed E-state index contributed by atoms with van der Waals surface area (Å²) in [5, 5.41) is 4.05. The summed E-state index contributed by atoms with van der Waals surface area (Å²) in [7, 11) is 1.80. The van der Waals surface area contributed by atoms with Crippen LogP contribution < -0.4 is 10.5 Å². The Morgan fingerprint density at radius 3 is 3.10 bits per heavy atom. The van der Waals surface area contributed by atoms with E-state index in [2.05, 4.69) is 5.10 Å². The zero-order valence-electron chi connectivity index (χ0n) is 11.4. The number of benzene rings is 1. The third-order valence-electron chi connectivity index (χ3n) is 3.57. The topological polar surface area (TPSA) is 70.1 Å². The van der Waals surface area contributed by atoms with E-state index in [0.29, 0.717) is 23.5 Å². The summed E-state index contributed by atoms with van der Waals surface area (Å²) in [5.74, 6) is 0.569. The number of nitrogens with two attached hydrogens (primary N) is 1. The Hall–Kier alpha value is -2.14. The molecule has 1 atom stereocenters. The number of ketones is 1. The quantitative estimate of drug-likeness (QED) is 0.861. The molecule has 3 rings (SSSR count). The number of nitrogens with zero attached hydrogens (tertiary/aromatic N) is 2. The number of Topliss-reactive ketones (excluding diaryl/α,β-unsaturated/α-hetero) is 1. The molecule has 0 aliphatic carbocycles. The maximum absolute atomic E-state index is 12.6. The van der Waals surface area contributed by atoms with Gasteiger partial charge < -0.3 is 10.5 Å². The van der Waals surface area contributed by atoms with Crippen LogP contribution in [0.1, 0.15) is 33.9 Å². The molecule has 1 unspecified atom stereocenters. The second kappa shape index (κ2) is 5.09. The van der Waals surface area contributed by atoms with E-state index in [9.17, 15) is 4.79 Å². The first-order valence-corrected chi connectivity index (χ1v) is 6.70. The van der Waals surface area contributed by atoms with Gasteiger partial charge in [-0.2, -0.15) is 5.10 Å². The highest BCUT2D eigenvalue weighted by Gasteiger charge is 2.25. The predicted octanol–water partition coefficient (Wildman–Crippen LogP) is 1.63. The molecule has 1 aliphatic rings. The van der Waals surface area contributed by atoms with Crippen molar-refractivity contribution in [2.75, 3.05) is 6.61 Å². The van der Waals surface area contributed by atoms with Gasteiger partial charge in [-0.25, -0.2) is 0 Å². The van der Waals surface area contributed by atoms with Gasteiger partial charge in [-0.3, -0.25) is 9.48 Å². The number of para-hydroxylation sites is 1. The zero-order valence-corrected chi connectivity index (χ0v) is 11.4. The van der Waals surface area contributed by atoms with Crippen LogP contribution in [0.2, 0.25) is 0 Å². The van der Waals surface area contributed by atoms with Crippen LogP contribution in [-0.2, 0) is 13.5 Å². The van der Waals surface area contributed by atoms with Gasteiger partial charge in [0, 0.05) is 18.8 Å². The second-order valence-electron chi connectivity index (χ2n) is 5.04. The minimum Gasteiger partial charge on any atom is -0.493 e. The molecule has 0 amide bonds. The standard InChI is InChI=1S/C15H17N3O2/c1-18-9-11(8-17-18)13(16)14(19)12-6-2-4-10-5-3-7-20-15(10)12/h2,4,6,8-9,13H,3,5,7,16H2,1H3. The Bertz CT molecular complexity index is 648. The van der Waals surface area contributed by atoms with Crippen molar-refractivity contribution in [3.05, 3.63) is 47.3 Å². The van der Waals surface area contributed by atoms with E-state index in [1.54, 1.807) is 30.2 Å². The normalized spacial score (nSPS) is 15.3. The number of rotatable bonds is 3. The zero-order chi connectivity index (χ0) is 14.1. The summed E-state index contributed by atoms with van der Waals surface area (Å²) >= 11 is 0. The van der Waals surface area contributed by atoms with Gasteiger partial charge in [-0.15, -0.1) is 0 Å². The number of hydrogen-bond acceptors (Lipinski definition) is 4. The van der Waals surface area contributed by atoms with Gasteiger partial charge in [0.15, 0.2) is 5.78 Å². The molecule has 5 heteroatoms. The number of carbonyl (C=O) groups excluding carboxylic acids is 1. The largest absolute Gasteiger partial charge is 0.493 e. The highest BCUT2D eigenvalue weighted by molar-refractivity contribution is 6.03. The molecule has 2 aromatic rings. The van der Waals surface area contributed by atoms with E-state index in [0.717, 1.165) is 18.4 Å². The van der Waals surface area contributed by atoms with Gasteiger partial charge in [-0.05, 0) is 24.5 Å². The third kappa shape index (κ3) is 2.20. The van der Waals surface area contributed by atoms with Crippen molar-refractivity contribution in [3.8, 4) is 5.75 Å². The second-order valence-corrected chi connectivity index (χ2v) is 5.04. The van der Waals surface area contributed by atoms with E-state index >= 15 is 0 Å². The first kappa shape index (κ1) is 12.9. The molecule has 2 N–H and O–H groups in total. The molecule has 0 fully saturated rings.